The van der Waals surface area contributed by atoms with Crippen molar-refractivity contribution in [1.82, 2.24) is 10.2 Å². The number of carbonyl (C=O) groups is 7. The molecule has 0 saturated carbocycles. The van der Waals surface area contributed by atoms with Crippen molar-refractivity contribution in [2.75, 3.05) is 24.7 Å². The molecule has 12 heteroatoms. The number of nitrogens with zero attached hydrogens (tertiary/aromatic N) is 1. The summed E-state index contributed by atoms with van der Waals surface area (Å²) in [4.78, 5) is 94.7. The molecule has 51 heavy (non-hydrogen) atoms. The van der Waals surface area contributed by atoms with Gasteiger partial charge in [0.2, 0.25) is 17.6 Å². The molecule has 2 saturated heterocycles. The minimum Gasteiger partial charge on any atom is -0.465 e. The highest BCUT2D eigenvalue weighted by Crippen LogP contribution is 2.51. The summed E-state index contributed by atoms with van der Waals surface area (Å²) < 4.78 is 5.08. The fourth-order valence-corrected chi connectivity index (χ4v) is 9.91. The fourth-order valence-electron chi connectivity index (χ4n) is 6.56. The zero-order valence-corrected chi connectivity index (χ0v) is 32.9. The average Bonchev–Trinajstić information content (AvgIpc) is 3.45. The van der Waals surface area contributed by atoms with Gasteiger partial charge in [0.15, 0.2) is 17.3 Å². The Morgan fingerprint density at radius 1 is 0.980 bits per heavy atom. The van der Waals surface area contributed by atoms with E-state index in [1.165, 1.54) is 6.92 Å². The van der Waals surface area contributed by atoms with Crippen molar-refractivity contribution in [2.24, 2.45) is 23.2 Å². The highest BCUT2D eigenvalue weighted by molar-refractivity contribution is 8.18. The molecule has 0 aromatic heterocycles. The van der Waals surface area contributed by atoms with E-state index >= 15 is 0 Å². The molecule has 0 aliphatic carbocycles. The molecular formula is C39H56N2O8S2. The van der Waals surface area contributed by atoms with Gasteiger partial charge in [-0.1, -0.05) is 78.3 Å². The number of amides is 2. The van der Waals surface area contributed by atoms with Crippen LogP contribution in [0, 0.1) is 23.2 Å². The third kappa shape index (κ3) is 12.3. The van der Waals surface area contributed by atoms with Crippen molar-refractivity contribution in [3.05, 3.63) is 35.9 Å². The van der Waals surface area contributed by atoms with Gasteiger partial charge >= 0.3 is 5.97 Å². The van der Waals surface area contributed by atoms with Crippen LogP contribution < -0.4 is 5.32 Å². The first-order valence-electron chi connectivity index (χ1n) is 18.2. The van der Waals surface area contributed by atoms with E-state index in [4.69, 9.17) is 4.74 Å². The lowest BCUT2D eigenvalue weighted by molar-refractivity contribution is -0.153. The molecule has 1 aromatic carbocycles. The summed E-state index contributed by atoms with van der Waals surface area (Å²) in [5.74, 6) is -2.83. The second-order valence-electron chi connectivity index (χ2n) is 15.3. The van der Waals surface area contributed by atoms with Crippen LogP contribution in [-0.2, 0) is 38.3 Å². The molecule has 1 aromatic rings. The first-order valence-corrected chi connectivity index (χ1v) is 20.1. The monoisotopic (exact) mass is 744 g/mol. The van der Waals surface area contributed by atoms with E-state index in [1.807, 2.05) is 41.5 Å². The minimum atomic E-state index is -0.878. The molecule has 2 heterocycles. The van der Waals surface area contributed by atoms with Crippen molar-refractivity contribution in [3.8, 4) is 0 Å². The highest BCUT2D eigenvalue weighted by atomic mass is 32.2. The lowest BCUT2D eigenvalue weighted by Gasteiger charge is -2.36. The van der Waals surface area contributed by atoms with Crippen LogP contribution in [-0.4, -0.2) is 80.6 Å². The van der Waals surface area contributed by atoms with E-state index in [2.05, 4.69) is 5.32 Å². The summed E-state index contributed by atoms with van der Waals surface area (Å²) >= 11 is 3.52. The molecule has 282 valence electrons. The Bertz CT molecular complexity index is 1420. The van der Waals surface area contributed by atoms with Crippen LogP contribution >= 0.6 is 23.5 Å². The summed E-state index contributed by atoms with van der Waals surface area (Å²) in [7, 11) is 0. The Kier molecular flexibility index (Phi) is 16.0. The number of benzene rings is 1. The number of carbonyl (C=O) groups excluding carboxylic acids is 7. The van der Waals surface area contributed by atoms with Crippen LogP contribution in [0.3, 0.4) is 0 Å². The van der Waals surface area contributed by atoms with Crippen LogP contribution in [0.15, 0.2) is 30.3 Å². The standard InChI is InChI=1S/C39H56N2O8S2/c1-8-13-28(36(47)31(43)16-17-33(45)40-35(26(4)42)27-14-10-9-11-15-27)20-32(44)30-22-39(50-18-12-19-51-39)24-41(30)37(48)29(38(5,6)7)21-34(46)49-23-25(2)3/h9-11,14-15,25,28-30,35H,8,12-13,16-24H2,1-7H3,(H,40,45)/t28?,29-,30+,35-/m1/s1. The molecule has 2 fully saturated rings. The lowest BCUT2D eigenvalue weighted by Crippen LogP contribution is -2.48. The number of rotatable bonds is 18. The van der Waals surface area contributed by atoms with Gasteiger partial charge in [-0.3, -0.25) is 33.6 Å². The third-order valence-electron chi connectivity index (χ3n) is 9.41. The van der Waals surface area contributed by atoms with Crippen LogP contribution in [0.25, 0.3) is 0 Å². The SMILES string of the molecule is CCCC(CC(=O)[C@@H]1CC2(CN1C(=O)[C@@H](CC(=O)OCC(C)C)C(C)(C)C)SCCCS2)C(=O)C(=O)CCC(=O)N[C@H](C(C)=O)c1ccccc1. The van der Waals surface area contributed by atoms with Crippen molar-refractivity contribution < 1.29 is 38.3 Å². The number of thioether (sulfide) groups is 2. The maximum absolute atomic E-state index is 14.4. The van der Waals surface area contributed by atoms with Crippen LogP contribution in [0.1, 0.15) is 111 Å². The van der Waals surface area contributed by atoms with Crippen LogP contribution in [0.5, 0.6) is 0 Å². The smallest absolute Gasteiger partial charge is 0.306 e. The van der Waals surface area contributed by atoms with E-state index in [0.717, 1.165) is 17.9 Å². The predicted molar refractivity (Wildman–Crippen MR) is 201 cm³/mol. The van der Waals surface area contributed by atoms with E-state index in [0.29, 0.717) is 31.4 Å². The number of nitrogens with one attached hydrogen (secondary N) is 1. The molecule has 2 aliphatic rings. The first kappa shape index (κ1) is 42.4. The molecule has 1 N–H and O–H groups in total. The quantitative estimate of drug-likeness (QED) is 0.137. The van der Waals surface area contributed by atoms with Crippen LogP contribution in [0.2, 0.25) is 0 Å². The van der Waals surface area contributed by atoms with E-state index in [9.17, 15) is 33.6 Å². The second-order valence-corrected chi connectivity index (χ2v) is 18.5. The van der Waals surface area contributed by atoms with Crippen molar-refractivity contribution >= 4 is 64.4 Å². The second kappa shape index (κ2) is 19.2. The third-order valence-corrected chi connectivity index (χ3v) is 12.7. The van der Waals surface area contributed by atoms with Crippen molar-refractivity contribution in [1.29, 1.82) is 0 Å². The van der Waals surface area contributed by atoms with E-state index in [-0.39, 0.29) is 59.8 Å². The van der Waals surface area contributed by atoms with Gasteiger partial charge in [0.05, 0.1) is 29.1 Å². The van der Waals surface area contributed by atoms with Crippen molar-refractivity contribution in [2.45, 2.75) is 116 Å². The fraction of sp³-hybridized carbons (Fsp3) is 0.667. The maximum Gasteiger partial charge on any atom is 0.306 e. The topological polar surface area (TPSA) is 144 Å². The molecule has 0 bridgehead atoms. The summed E-state index contributed by atoms with van der Waals surface area (Å²) in [6, 6.07) is 7.12. The maximum atomic E-state index is 14.4. The molecule has 10 nitrogen and oxygen atoms in total. The predicted octanol–water partition coefficient (Wildman–Crippen LogP) is 6.15. The first-order chi connectivity index (χ1) is 24.0. The molecule has 0 radical (unpaired) electrons. The van der Waals surface area contributed by atoms with Gasteiger partial charge in [-0.2, -0.15) is 0 Å². The van der Waals surface area contributed by atoms with Gasteiger partial charge < -0.3 is 15.0 Å². The van der Waals surface area contributed by atoms with Gasteiger partial charge in [-0.25, -0.2) is 0 Å². The Hall–Kier alpha value is -2.99. The van der Waals surface area contributed by atoms with E-state index < -0.39 is 52.8 Å². The summed E-state index contributed by atoms with van der Waals surface area (Å²) in [6.45, 7) is 13.5. The number of Topliss-reactive ketones (excluding diaryl/α,β-unsaturated/α-hetero) is 4. The number of ketones is 4. The number of hydrogen-bond donors (Lipinski definition) is 1. The Labute approximate surface area is 311 Å². The summed E-state index contributed by atoms with van der Waals surface area (Å²) in [5, 5.41) is 2.66. The average molecular weight is 745 g/mol. The number of ether oxygens (including phenoxy) is 1. The zero-order chi connectivity index (χ0) is 37.9. The van der Waals surface area contributed by atoms with Crippen molar-refractivity contribution in [3.63, 3.8) is 0 Å². The Morgan fingerprint density at radius 2 is 1.63 bits per heavy atom. The van der Waals surface area contributed by atoms with Gasteiger partial charge in [0.25, 0.3) is 0 Å². The zero-order valence-electron chi connectivity index (χ0n) is 31.3. The van der Waals surface area contributed by atoms with E-state index in [1.54, 1.807) is 58.8 Å². The minimum absolute atomic E-state index is 0.0999. The number of hydrogen-bond acceptors (Lipinski definition) is 10. The highest BCUT2D eigenvalue weighted by Gasteiger charge is 2.52. The van der Waals surface area contributed by atoms with Crippen LogP contribution in [0.4, 0.5) is 0 Å². The number of esters is 1. The molecule has 3 rings (SSSR count). The molecule has 1 unspecified atom stereocenters. The largest absolute Gasteiger partial charge is 0.465 e. The normalized spacial score (nSPS) is 18.9. The van der Waals surface area contributed by atoms with Gasteiger partial charge in [0.1, 0.15) is 6.04 Å². The molecule has 2 aliphatic heterocycles. The van der Waals surface area contributed by atoms with Gasteiger partial charge in [-0.15, -0.1) is 23.5 Å². The Morgan fingerprint density at radius 3 is 2.20 bits per heavy atom. The molecule has 2 amide bonds. The lowest BCUT2D eigenvalue weighted by atomic mass is 9.77. The summed E-state index contributed by atoms with van der Waals surface area (Å²) in [6.07, 6.45) is 1.42. The summed E-state index contributed by atoms with van der Waals surface area (Å²) in [5.41, 5.74) is 0.0307. The Balaban J connectivity index is 1.75. The van der Waals surface area contributed by atoms with Gasteiger partial charge in [-0.05, 0) is 48.2 Å². The molecule has 1 spiro atoms. The van der Waals surface area contributed by atoms with Gasteiger partial charge in [0, 0.05) is 38.1 Å². The molecular weight excluding hydrogens is 689 g/mol. The molecule has 4 atom stereocenters. The number of likely N-dealkylation sites (tertiary alicyclic amines) is 1.